The van der Waals surface area contributed by atoms with E-state index in [-0.39, 0.29) is 0 Å². The summed E-state index contributed by atoms with van der Waals surface area (Å²) in [5.41, 5.74) is 1.24. The van der Waals surface area contributed by atoms with E-state index < -0.39 is 0 Å². The Morgan fingerprint density at radius 2 is 2.06 bits per heavy atom. The van der Waals surface area contributed by atoms with Crippen molar-refractivity contribution in [3.63, 3.8) is 0 Å². The average Bonchev–Trinajstić information content (AvgIpc) is 2.38. The van der Waals surface area contributed by atoms with Crippen molar-refractivity contribution < 1.29 is 0 Å². The van der Waals surface area contributed by atoms with Gasteiger partial charge in [-0.1, -0.05) is 24.6 Å². The molecule has 0 saturated carbocycles. The lowest BCUT2D eigenvalue weighted by atomic mass is 10.0. The molecule has 94 valence electrons. The number of para-hydroxylation sites is 1. The molecule has 0 amide bonds. The lowest BCUT2D eigenvalue weighted by Crippen LogP contribution is -2.38. The summed E-state index contributed by atoms with van der Waals surface area (Å²) in [6.07, 6.45) is 5.42. The Morgan fingerprint density at radius 3 is 2.82 bits per heavy atom. The van der Waals surface area contributed by atoms with Gasteiger partial charge in [-0.2, -0.15) is 0 Å². The van der Waals surface area contributed by atoms with Crippen LogP contribution in [-0.4, -0.2) is 30.6 Å². The maximum Gasteiger partial charge on any atom is 0.0340 e. The van der Waals surface area contributed by atoms with Crippen LogP contribution in [0.3, 0.4) is 0 Å². The van der Waals surface area contributed by atoms with Crippen LogP contribution in [0.1, 0.15) is 32.6 Å². The van der Waals surface area contributed by atoms with Crippen molar-refractivity contribution in [2.75, 3.05) is 25.0 Å². The van der Waals surface area contributed by atoms with Gasteiger partial charge in [-0.3, -0.25) is 0 Å². The quantitative estimate of drug-likeness (QED) is 0.783. The van der Waals surface area contributed by atoms with E-state index in [9.17, 15) is 0 Å². The topological polar surface area (TPSA) is 15.3 Å². The summed E-state index contributed by atoms with van der Waals surface area (Å²) in [6.45, 7) is 5.98. The van der Waals surface area contributed by atoms with E-state index in [1.54, 1.807) is 0 Å². The first-order chi connectivity index (χ1) is 8.36. The van der Waals surface area contributed by atoms with E-state index in [0.717, 1.165) is 12.6 Å². The number of piperidine rings is 1. The predicted octanol–water partition coefficient (Wildman–Crippen LogP) is 3.36. The van der Waals surface area contributed by atoms with E-state index in [1.807, 2.05) is 0 Å². The van der Waals surface area contributed by atoms with Crippen LogP contribution in [0.4, 0.5) is 5.69 Å². The van der Waals surface area contributed by atoms with Crippen molar-refractivity contribution in [2.45, 2.75) is 38.6 Å². The molecular weight excluding hydrogens is 208 g/mol. The van der Waals surface area contributed by atoms with Crippen LogP contribution >= 0.6 is 0 Å². The number of nitrogens with one attached hydrogen (secondary N) is 1. The third-order valence-corrected chi connectivity index (χ3v) is 3.67. The Morgan fingerprint density at radius 1 is 1.24 bits per heavy atom. The Balaban J connectivity index is 1.63. The fourth-order valence-corrected chi connectivity index (χ4v) is 2.56. The molecule has 1 aromatic carbocycles. The summed E-state index contributed by atoms with van der Waals surface area (Å²) >= 11 is 0. The molecule has 1 N–H and O–H groups in total. The summed E-state index contributed by atoms with van der Waals surface area (Å²) in [4.78, 5) is 2.64. The minimum atomic E-state index is 0.792. The van der Waals surface area contributed by atoms with Crippen LogP contribution < -0.4 is 5.32 Å². The van der Waals surface area contributed by atoms with E-state index in [0.29, 0.717) is 0 Å². The molecule has 0 spiro atoms. The predicted molar refractivity (Wildman–Crippen MR) is 74.4 cm³/mol. The molecule has 1 aliphatic heterocycles. The highest BCUT2D eigenvalue weighted by molar-refractivity contribution is 5.42. The zero-order valence-corrected chi connectivity index (χ0v) is 10.9. The van der Waals surface area contributed by atoms with Gasteiger partial charge in [0, 0.05) is 24.8 Å². The molecule has 1 saturated heterocycles. The second kappa shape index (κ2) is 6.65. The Hall–Kier alpha value is -1.02. The molecular formula is C15H24N2. The first-order valence-corrected chi connectivity index (χ1v) is 6.89. The van der Waals surface area contributed by atoms with Crippen molar-refractivity contribution >= 4 is 5.69 Å². The van der Waals surface area contributed by atoms with Gasteiger partial charge >= 0.3 is 0 Å². The molecule has 1 heterocycles. The van der Waals surface area contributed by atoms with Gasteiger partial charge in [-0.15, -0.1) is 0 Å². The smallest absolute Gasteiger partial charge is 0.0340 e. The second-order valence-corrected chi connectivity index (χ2v) is 5.03. The Kier molecular flexibility index (Phi) is 4.87. The van der Waals surface area contributed by atoms with Gasteiger partial charge in [0.1, 0.15) is 0 Å². The first kappa shape index (κ1) is 12.4. The van der Waals surface area contributed by atoms with E-state index in [1.165, 1.54) is 44.5 Å². The fraction of sp³-hybridized carbons (Fsp3) is 0.600. The number of hydrogen-bond donors (Lipinski definition) is 1. The summed E-state index contributed by atoms with van der Waals surface area (Å²) in [5, 5.41) is 3.47. The van der Waals surface area contributed by atoms with Crippen LogP contribution in [0.25, 0.3) is 0 Å². The second-order valence-electron chi connectivity index (χ2n) is 5.03. The van der Waals surface area contributed by atoms with Crippen LogP contribution in [-0.2, 0) is 0 Å². The normalized spacial score (nSPS) is 21.4. The van der Waals surface area contributed by atoms with Gasteiger partial charge in [0.15, 0.2) is 0 Å². The van der Waals surface area contributed by atoms with Crippen LogP contribution in [0.15, 0.2) is 30.3 Å². The lowest BCUT2D eigenvalue weighted by Gasteiger charge is -2.33. The minimum Gasteiger partial charge on any atom is -0.385 e. The van der Waals surface area contributed by atoms with Gasteiger partial charge in [0.2, 0.25) is 0 Å². The highest BCUT2D eigenvalue weighted by atomic mass is 15.2. The number of rotatable bonds is 5. The number of benzene rings is 1. The molecule has 1 fully saturated rings. The number of hydrogen-bond acceptors (Lipinski definition) is 2. The molecule has 0 bridgehead atoms. The molecule has 2 heteroatoms. The van der Waals surface area contributed by atoms with Crippen LogP contribution in [0.5, 0.6) is 0 Å². The van der Waals surface area contributed by atoms with Crippen LogP contribution in [0.2, 0.25) is 0 Å². The van der Waals surface area contributed by atoms with Gasteiger partial charge in [0.25, 0.3) is 0 Å². The van der Waals surface area contributed by atoms with E-state index in [2.05, 4.69) is 47.5 Å². The molecule has 2 nitrogen and oxygen atoms in total. The molecule has 1 aliphatic rings. The summed E-state index contributed by atoms with van der Waals surface area (Å²) in [6, 6.07) is 11.3. The molecule has 0 aliphatic carbocycles. The zero-order chi connectivity index (χ0) is 11.9. The molecule has 2 rings (SSSR count). The van der Waals surface area contributed by atoms with Crippen molar-refractivity contribution in [3.8, 4) is 0 Å². The highest BCUT2D eigenvalue weighted by Gasteiger charge is 2.16. The molecule has 1 unspecified atom stereocenters. The third-order valence-electron chi connectivity index (χ3n) is 3.67. The highest BCUT2D eigenvalue weighted by Crippen LogP contribution is 2.16. The van der Waals surface area contributed by atoms with Gasteiger partial charge < -0.3 is 10.2 Å². The zero-order valence-electron chi connectivity index (χ0n) is 10.9. The van der Waals surface area contributed by atoms with Gasteiger partial charge in [-0.25, -0.2) is 0 Å². The molecule has 1 atom stereocenters. The summed E-state index contributed by atoms with van der Waals surface area (Å²) in [5.74, 6) is 0. The van der Waals surface area contributed by atoms with Crippen molar-refractivity contribution in [3.05, 3.63) is 30.3 Å². The summed E-state index contributed by atoms with van der Waals surface area (Å²) in [7, 11) is 0. The fourth-order valence-electron chi connectivity index (χ4n) is 2.56. The number of anilines is 1. The SMILES string of the molecule is CC1CCCCN1CCCNc1ccccc1. The largest absolute Gasteiger partial charge is 0.385 e. The Labute approximate surface area is 105 Å². The van der Waals surface area contributed by atoms with Crippen LogP contribution in [0, 0.1) is 0 Å². The maximum absolute atomic E-state index is 3.47. The molecule has 0 radical (unpaired) electrons. The lowest BCUT2D eigenvalue weighted by molar-refractivity contribution is 0.160. The number of nitrogens with zero attached hydrogens (tertiary/aromatic N) is 1. The molecule has 0 aromatic heterocycles. The van der Waals surface area contributed by atoms with Crippen molar-refractivity contribution in [2.24, 2.45) is 0 Å². The van der Waals surface area contributed by atoms with Gasteiger partial charge in [0.05, 0.1) is 0 Å². The van der Waals surface area contributed by atoms with Crippen molar-refractivity contribution in [1.82, 2.24) is 4.90 Å². The van der Waals surface area contributed by atoms with E-state index >= 15 is 0 Å². The average molecular weight is 232 g/mol. The van der Waals surface area contributed by atoms with Gasteiger partial charge in [-0.05, 0) is 44.9 Å². The third kappa shape index (κ3) is 4.04. The Bertz CT molecular complexity index is 310. The maximum atomic E-state index is 3.47. The first-order valence-electron chi connectivity index (χ1n) is 6.89. The van der Waals surface area contributed by atoms with Crippen molar-refractivity contribution in [1.29, 1.82) is 0 Å². The number of likely N-dealkylation sites (tertiary alicyclic amines) is 1. The van der Waals surface area contributed by atoms with E-state index in [4.69, 9.17) is 0 Å². The monoisotopic (exact) mass is 232 g/mol. The molecule has 1 aromatic rings. The molecule has 17 heavy (non-hydrogen) atoms. The standard InChI is InChI=1S/C15H24N2/c1-14-8-5-6-12-17(14)13-7-11-16-15-9-3-2-4-10-15/h2-4,9-10,14,16H,5-8,11-13H2,1H3. The minimum absolute atomic E-state index is 0.792. The summed E-state index contributed by atoms with van der Waals surface area (Å²) < 4.78 is 0.